The van der Waals surface area contributed by atoms with Crippen molar-refractivity contribution in [3.63, 3.8) is 0 Å². The SMILES string of the molecule is COc1ccc(C(=O)Nc2ccc(-n3nc(C(F)(F)F)cc3-c3ccccc3)cc2)cc1. The predicted octanol–water partition coefficient (Wildman–Crippen LogP) is 5.82. The van der Waals surface area contributed by atoms with Crippen LogP contribution < -0.4 is 10.1 Å². The number of aromatic nitrogens is 2. The number of benzene rings is 3. The molecular formula is C24H18F3N3O2. The minimum atomic E-state index is -4.57. The number of alkyl halides is 3. The molecule has 162 valence electrons. The molecule has 8 heteroatoms. The molecule has 0 fully saturated rings. The van der Waals surface area contributed by atoms with E-state index in [1.807, 2.05) is 0 Å². The lowest BCUT2D eigenvalue weighted by molar-refractivity contribution is -0.141. The number of amides is 1. The largest absolute Gasteiger partial charge is 0.497 e. The number of carbonyl (C=O) groups excluding carboxylic acids is 1. The molecule has 0 atom stereocenters. The number of hydrogen-bond acceptors (Lipinski definition) is 3. The molecule has 0 saturated heterocycles. The Balaban J connectivity index is 1.61. The molecule has 0 aliphatic rings. The van der Waals surface area contributed by atoms with Crippen LogP contribution in [-0.2, 0) is 6.18 Å². The Morgan fingerprint density at radius 3 is 2.19 bits per heavy atom. The van der Waals surface area contributed by atoms with Gasteiger partial charge in [0.05, 0.1) is 18.5 Å². The number of anilines is 1. The summed E-state index contributed by atoms with van der Waals surface area (Å²) < 4.78 is 46.2. The lowest BCUT2D eigenvalue weighted by Crippen LogP contribution is -2.12. The van der Waals surface area contributed by atoms with Gasteiger partial charge < -0.3 is 10.1 Å². The van der Waals surface area contributed by atoms with Crippen LogP contribution in [0.1, 0.15) is 16.1 Å². The van der Waals surface area contributed by atoms with Crippen LogP contribution in [0.2, 0.25) is 0 Å². The van der Waals surface area contributed by atoms with Crippen molar-refractivity contribution in [2.75, 3.05) is 12.4 Å². The van der Waals surface area contributed by atoms with Gasteiger partial charge in [-0.15, -0.1) is 0 Å². The van der Waals surface area contributed by atoms with Crippen LogP contribution in [0.15, 0.2) is 84.9 Å². The van der Waals surface area contributed by atoms with Gasteiger partial charge in [0.1, 0.15) is 5.75 Å². The monoisotopic (exact) mass is 437 g/mol. The molecule has 1 N–H and O–H groups in total. The van der Waals surface area contributed by atoms with Gasteiger partial charge in [0, 0.05) is 16.8 Å². The standard InChI is InChI=1S/C24H18F3N3O2/c1-32-20-13-7-17(8-14-20)23(31)28-18-9-11-19(12-10-18)30-21(16-5-3-2-4-6-16)15-22(29-30)24(25,26)27/h2-15H,1H3,(H,28,31). The molecule has 0 unspecified atom stereocenters. The van der Waals surface area contributed by atoms with Crippen LogP contribution in [0.4, 0.5) is 18.9 Å². The highest BCUT2D eigenvalue weighted by Crippen LogP contribution is 2.33. The minimum absolute atomic E-state index is 0.313. The molecule has 1 heterocycles. The zero-order valence-electron chi connectivity index (χ0n) is 16.9. The topological polar surface area (TPSA) is 56.1 Å². The van der Waals surface area contributed by atoms with Crippen molar-refractivity contribution in [1.82, 2.24) is 9.78 Å². The molecule has 0 aliphatic carbocycles. The van der Waals surface area contributed by atoms with Gasteiger partial charge in [-0.05, 0) is 54.6 Å². The zero-order chi connectivity index (χ0) is 22.7. The van der Waals surface area contributed by atoms with Crippen molar-refractivity contribution < 1.29 is 22.7 Å². The first-order chi connectivity index (χ1) is 15.3. The molecular weight excluding hydrogens is 419 g/mol. The highest BCUT2D eigenvalue weighted by atomic mass is 19.4. The fourth-order valence-corrected chi connectivity index (χ4v) is 3.16. The summed E-state index contributed by atoms with van der Waals surface area (Å²) >= 11 is 0. The summed E-state index contributed by atoms with van der Waals surface area (Å²) in [4.78, 5) is 12.4. The number of nitrogens with zero attached hydrogens (tertiary/aromatic N) is 2. The smallest absolute Gasteiger partial charge is 0.435 e. The molecule has 5 nitrogen and oxygen atoms in total. The van der Waals surface area contributed by atoms with Crippen LogP contribution in [0.5, 0.6) is 5.75 Å². The first-order valence-corrected chi connectivity index (χ1v) is 9.64. The molecule has 0 radical (unpaired) electrons. The fourth-order valence-electron chi connectivity index (χ4n) is 3.16. The molecule has 0 saturated carbocycles. The number of ether oxygens (including phenoxy) is 1. The summed E-state index contributed by atoms with van der Waals surface area (Å²) in [7, 11) is 1.54. The summed E-state index contributed by atoms with van der Waals surface area (Å²) in [5.74, 6) is 0.321. The Kier molecular flexibility index (Phi) is 5.68. The van der Waals surface area contributed by atoms with Gasteiger partial charge in [0.15, 0.2) is 5.69 Å². The zero-order valence-corrected chi connectivity index (χ0v) is 16.9. The van der Waals surface area contributed by atoms with Crippen LogP contribution in [0.3, 0.4) is 0 Å². The van der Waals surface area contributed by atoms with Crippen molar-refractivity contribution in [1.29, 1.82) is 0 Å². The lowest BCUT2D eigenvalue weighted by Gasteiger charge is -2.10. The number of halogens is 3. The van der Waals surface area contributed by atoms with Gasteiger partial charge in [0.25, 0.3) is 5.91 Å². The quantitative estimate of drug-likeness (QED) is 0.428. The van der Waals surface area contributed by atoms with Crippen LogP contribution >= 0.6 is 0 Å². The van der Waals surface area contributed by atoms with Crippen molar-refractivity contribution in [3.8, 4) is 22.7 Å². The molecule has 4 rings (SSSR count). The summed E-state index contributed by atoms with van der Waals surface area (Å²) in [6.07, 6.45) is -4.57. The van der Waals surface area contributed by atoms with E-state index in [2.05, 4.69) is 10.4 Å². The van der Waals surface area contributed by atoms with E-state index >= 15 is 0 Å². The Hall–Kier alpha value is -4.07. The maximum absolute atomic E-state index is 13.3. The summed E-state index contributed by atoms with van der Waals surface area (Å²) in [6, 6.07) is 22.8. The summed E-state index contributed by atoms with van der Waals surface area (Å²) in [5, 5.41) is 6.54. The molecule has 32 heavy (non-hydrogen) atoms. The fraction of sp³-hybridized carbons (Fsp3) is 0.0833. The molecule has 1 aromatic heterocycles. The van der Waals surface area contributed by atoms with E-state index in [0.29, 0.717) is 33.9 Å². The first-order valence-electron chi connectivity index (χ1n) is 9.64. The van der Waals surface area contributed by atoms with Crippen LogP contribution in [0.25, 0.3) is 16.9 Å². The lowest BCUT2D eigenvalue weighted by atomic mass is 10.1. The van der Waals surface area contributed by atoms with Crippen molar-refractivity contribution in [2.24, 2.45) is 0 Å². The van der Waals surface area contributed by atoms with Crippen LogP contribution in [0, 0.1) is 0 Å². The van der Waals surface area contributed by atoms with E-state index in [0.717, 1.165) is 6.07 Å². The number of hydrogen-bond donors (Lipinski definition) is 1. The predicted molar refractivity (Wildman–Crippen MR) is 115 cm³/mol. The van der Waals surface area contributed by atoms with Gasteiger partial charge in [-0.1, -0.05) is 30.3 Å². The Morgan fingerprint density at radius 1 is 0.938 bits per heavy atom. The Bertz CT molecular complexity index is 1220. The van der Waals surface area contributed by atoms with E-state index in [-0.39, 0.29) is 5.91 Å². The third kappa shape index (κ3) is 4.49. The van der Waals surface area contributed by atoms with E-state index < -0.39 is 11.9 Å². The third-order valence-electron chi connectivity index (χ3n) is 4.79. The molecule has 0 aliphatic heterocycles. The van der Waals surface area contributed by atoms with Gasteiger partial charge in [-0.3, -0.25) is 4.79 Å². The van der Waals surface area contributed by atoms with Gasteiger partial charge in [0.2, 0.25) is 0 Å². The molecule has 0 spiro atoms. The normalized spacial score (nSPS) is 11.2. The second-order valence-electron chi connectivity index (χ2n) is 6.92. The van der Waals surface area contributed by atoms with Crippen molar-refractivity contribution in [3.05, 3.63) is 96.2 Å². The maximum atomic E-state index is 13.3. The highest BCUT2D eigenvalue weighted by Gasteiger charge is 2.35. The molecule has 0 bridgehead atoms. The van der Waals surface area contributed by atoms with Crippen LogP contribution in [-0.4, -0.2) is 22.8 Å². The second kappa shape index (κ2) is 8.58. The maximum Gasteiger partial charge on any atom is 0.435 e. The molecule has 4 aromatic rings. The third-order valence-corrected chi connectivity index (χ3v) is 4.79. The van der Waals surface area contributed by atoms with Gasteiger partial charge in [-0.25, -0.2) is 4.68 Å². The van der Waals surface area contributed by atoms with E-state index in [9.17, 15) is 18.0 Å². The average Bonchev–Trinajstić information content (AvgIpc) is 3.26. The number of nitrogens with one attached hydrogen (secondary N) is 1. The van der Waals surface area contributed by atoms with E-state index in [1.54, 1.807) is 78.9 Å². The molecule has 1 amide bonds. The number of rotatable bonds is 5. The Labute approximate surface area is 182 Å². The molecule has 3 aromatic carbocycles. The summed E-state index contributed by atoms with van der Waals surface area (Å²) in [6.45, 7) is 0. The highest BCUT2D eigenvalue weighted by molar-refractivity contribution is 6.04. The number of carbonyl (C=O) groups is 1. The van der Waals surface area contributed by atoms with E-state index in [4.69, 9.17) is 4.74 Å². The Morgan fingerprint density at radius 2 is 1.59 bits per heavy atom. The van der Waals surface area contributed by atoms with Gasteiger partial charge >= 0.3 is 6.18 Å². The van der Waals surface area contributed by atoms with Gasteiger partial charge in [-0.2, -0.15) is 18.3 Å². The summed E-state index contributed by atoms with van der Waals surface area (Å²) in [5.41, 5.74) is 1.32. The minimum Gasteiger partial charge on any atom is -0.497 e. The average molecular weight is 437 g/mol. The van der Waals surface area contributed by atoms with Crippen molar-refractivity contribution in [2.45, 2.75) is 6.18 Å². The van der Waals surface area contributed by atoms with E-state index in [1.165, 1.54) is 11.8 Å². The number of methoxy groups -OCH3 is 1. The first kappa shape index (κ1) is 21.2. The van der Waals surface area contributed by atoms with Crippen molar-refractivity contribution >= 4 is 11.6 Å². The second-order valence-corrected chi connectivity index (χ2v) is 6.92.